The molecule has 1 aromatic heterocycles. The highest BCUT2D eigenvalue weighted by molar-refractivity contribution is 5.45. The van der Waals surface area contributed by atoms with Crippen LogP contribution in [0.15, 0.2) is 18.5 Å². The number of ether oxygens (including phenoxy) is 1. The molecular formula is C13H20N2O. The minimum Gasteiger partial charge on any atom is -0.397 e. The summed E-state index contributed by atoms with van der Waals surface area (Å²) in [4.78, 5) is 4.01. The predicted octanol–water partition coefficient (Wildman–Crippen LogP) is 2.79. The van der Waals surface area contributed by atoms with Crippen molar-refractivity contribution in [3.63, 3.8) is 0 Å². The van der Waals surface area contributed by atoms with Gasteiger partial charge in [-0.05, 0) is 31.2 Å². The summed E-state index contributed by atoms with van der Waals surface area (Å²) in [6.07, 6.45) is 4.94. The molecule has 3 nitrogen and oxygen atoms in total. The Morgan fingerprint density at radius 2 is 2.12 bits per heavy atom. The molecule has 0 bridgehead atoms. The van der Waals surface area contributed by atoms with Gasteiger partial charge >= 0.3 is 0 Å². The van der Waals surface area contributed by atoms with Gasteiger partial charge in [0.05, 0.1) is 24.1 Å². The van der Waals surface area contributed by atoms with Crippen LogP contribution in [0.2, 0.25) is 0 Å². The average Bonchev–Trinajstić information content (AvgIpc) is 2.26. The third kappa shape index (κ3) is 2.05. The lowest BCUT2D eigenvalue weighted by atomic mass is 9.82. The zero-order chi connectivity index (χ0) is 11.7. The lowest BCUT2D eigenvalue weighted by Gasteiger charge is -2.38. The van der Waals surface area contributed by atoms with E-state index in [-0.39, 0.29) is 6.10 Å². The summed E-state index contributed by atoms with van der Waals surface area (Å²) in [5.74, 6) is 1.28. The highest BCUT2D eigenvalue weighted by Gasteiger charge is 2.32. The van der Waals surface area contributed by atoms with E-state index in [2.05, 4.69) is 25.8 Å². The van der Waals surface area contributed by atoms with Crippen LogP contribution in [0.1, 0.15) is 38.9 Å². The molecule has 1 saturated heterocycles. The molecular weight excluding hydrogens is 200 g/mol. The molecule has 3 heteroatoms. The SMILES string of the molecule is C[C@H]1[C@H](C)C[C@H](c2ccncc2N)O[C@@H]1C. The molecule has 16 heavy (non-hydrogen) atoms. The molecule has 0 amide bonds. The maximum absolute atomic E-state index is 6.03. The van der Waals surface area contributed by atoms with E-state index in [1.165, 1.54) is 0 Å². The zero-order valence-electron chi connectivity index (χ0n) is 10.2. The zero-order valence-corrected chi connectivity index (χ0v) is 10.2. The molecule has 0 unspecified atom stereocenters. The topological polar surface area (TPSA) is 48.1 Å². The van der Waals surface area contributed by atoms with Gasteiger partial charge < -0.3 is 10.5 Å². The molecule has 1 aromatic rings. The van der Waals surface area contributed by atoms with Crippen molar-refractivity contribution in [2.45, 2.75) is 39.4 Å². The van der Waals surface area contributed by atoms with Gasteiger partial charge in [0.25, 0.3) is 0 Å². The van der Waals surface area contributed by atoms with Crippen LogP contribution in [0, 0.1) is 11.8 Å². The van der Waals surface area contributed by atoms with Crippen molar-refractivity contribution < 1.29 is 4.74 Å². The second-order valence-corrected chi connectivity index (χ2v) is 4.91. The van der Waals surface area contributed by atoms with Crippen LogP contribution in [-0.4, -0.2) is 11.1 Å². The Morgan fingerprint density at radius 3 is 2.75 bits per heavy atom. The molecule has 0 aromatic carbocycles. The van der Waals surface area contributed by atoms with Crippen LogP contribution in [0.4, 0.5) is 5.69 Å². The van der Waals surface area contributed by atoms with E-state index in [4.69, 9.17) is 10.5 Å². The van der Waals surface area contributed by atoms with Gasteiger partial charge in [-0.3, -0.25) is 4.98 Å². The van der Waals surface area contributed by atoms with Crippen molar-refractivity contribution in [2.24, 2.45) is 11.8 Å². The molecule has 4 atom stereocenters. The largest absolute Gasteiger partial charge is 0.397 e. The molecule has 0 spiro atoms. The minimum absolute atomic E-state index is 0.129. The summed E-state index contributed by atoms with van der Waals surface area (Å²) in [5, 5.41) is 0. The number of nitrogen functional groups attached to an aromatic ring is 1. The Balaban J connectivity index is 2.20. The quantitative estimate of drug-likeness (QED) is 0.791. The molecule has 1 aliphatic heterocycles. The van der Waals surface area contributed by atoms with E-state index >= 15 is 0 Å². The number of nitrogens with zero attached hydrogens (tertiary/aromatic N) is 1. The fraction of sp³-hybridized carbons (Fsp3) is 0.615. The Morgan fingerprint density at radius 1 is 1.38 bits per heavy atom. The molecule has 1 aliphatic rings. The molecule has 2 N–H and O–H groups in total. The Bertz CT molecular complexity index is 355. The molecule has 0 radical (unpaired) electrons. The van der Waals surface area contributed by atoms with E-state index in [0.29, 0.717) is 17.9 Å². The number of hydrogen-bond acceptors (Lipinski definition) is 3. The predicted molar refractivity (Wildman–Crippen MR) is 64.9 cm³/mol. The van der Waals surface area contributed by atoms with Gasteiger partial charge in [-0.25, -0.2) is 0 Å². The summed E-state index contributed by atoms with van der Waals surface area (Å²) >= 11 is 0. The summed E-state index contributed by atoms with van der Waals surface area (Å²) < 4.78 is 6.03. The highest BCUT2D eigenvalue weighted by atomic mass is 16.5. The standard InChI is InChI=1S/C13H20N2O/c1-8-6-13(16-10(3)9(8)2)11-4-5-15-7-12(11)14/h4-5,7-10,13H,6,14H2,1-3H3/t8-,9+,10-,13-/m1/s1. The first kappa shape index (κ1) is 11.4. The summed E-state index contributed by atoms with van der Waals surface area (Å²) in [6, 6.07) is 1.97. The lowest BCUT2D eigenvalue weighted by Crippen LogP contribution is -2.33. The molecule has 0 aliphatic carbocycles. The number of anilines is 1. The van der Waals surface area contributed by atoms with E-state index in [0.717, 1.165) is 17.7 Å². The molecule has 88 valence electrons. The Labute approximate surface area is 97.0 Å². The van der Waals surface area contributed by atoms with Crippen LogP contribution in [0.25, 0.3) is 0 Å². The number of nitrogens with two attached hydrogens (primary N) is 1. The van der Waals surface area contributed by atoms with E-state index in [1.54, 1.807) is 12.4 Å². The van der Waals surface area contributed by atoms with Crippen molar-refractivity contribution in [1.29, 1.82) is 0 Å². The van der Waals surface area contributed by atoms with Gasteiger partial charge in [-0.15, -0.1) is 0 Å². The lowest BCUT2D eigenvalue weighted by molar-refractivity contribution is -0.0934. The van der Waals surface area contributed by atoms with Crippen molar-refractivity contribution in [3.05, 3.63) is 24.0 Å². The van der Waals surface area contributed by atoms with Crippen LogP contribution >= 0.6 is 0 Å². The number of aromatic nitrogens is 1. The fourth-order valence-electron chi connectivity index (χ4n) is 2.36. The first-order chi connectivity index (χ1) is 7.59. The third-order valence-electron chi connectivity index (χ3n) is 3.84. The van der Waals surface area contributed by atoms with Crippen molar-refractivity contribution >= 4 is 5.69 Å². The fourth-order valence-corrected chi connectivity index (χ4v) is 2.36. The second-order valence-electron chi connectivity index (χ2n) is 4.91. The third-order valence-corrected chi connectivity index (χ3v) is 3.84. The van der Waals surface area contributed by atoms with Crippen molar-refractivity contribution in [1.82, 2.24) is 4.98 Å². The van der Waals surface area contributed by atoms with E-state index in [9.17, 15) is 0 Å². The Hall–Kier alpha value is -1.09. The van der Waals surface area contributed by atoms with Crippen molar-refractivity contribution in [3.8, 4) is 0 Å². The summed E-state index contributed by atoms with van der Waals surface area (Å²) in [6.45, 7) is 6.68. The molecule has 1 fully saturated rings. The monoisotopic (exact) mass is 220 g/mol. The number of rotatable bonds is 1. The van der Waals surface area contributed by atoms with Crippen LogP contribution < -0.4 is 5.73 Å². The van der Waals surface area contributed by atoms with Crippen LogP contribution in [-0.2, 0) is 4.74 Å². The highest BCUT2D eigenvalue weighted by Crippen LogP contribution is 2.39. The van der Waals surface area contributed by atoms with Gasteiger partial charge in [0, 0.05) is 11.8 Å². The normalized spacial score (nSPS) is 34.9. The first-order valence-electron chi connectivity index (χ1n) is 5.94. The van der Waals surface area contributed by atoms with Crippen LogP contribution in [0.3, 0.4) is 0 Å². The molecule has 2 heterocycles. The summed E-state index contributed by atoms with van der Waals surface area (Å²) in [5.41, 5.74) is 7.76. The maximum atomic E-state index is 6.03. The van der Waals surface area contributed by atoms with Gasteiger partial charge in [-0.2, -0.15) is 0 Å². The average molecular weight is 220 g/mol. The molecule has 0 saturated carbocycles. The second kappa shape index (κ2) is 4.42. The van der Waals surface area contributed by atoms with Crippen LogP contribution in [0.5, 0.6) is 0 Å². The number of pyridine rings is 1. The Kier molecular flexibility index (Phi) is 3.15. The smallest absolute Gasteiger partial charge is 0.0852 e. The minimum atomic E-state index is 0.129. The van der Waals surface area contributed by atoms with Crippen molar-refractivity contribution in [2.75, 3.05) is 5.73 Å². The van der Waals surface area contributed by atoms with E-state index < -0.39 is 0 Å². The van der Waals surface area contributed by atoms with Gasteiger partial charge in [0.2, 0.25) is 0 Å². The van der Waals surface area contributed by atoms with E-state index in [1.807, 2.05) is 6.07 Å². The first-order valence-corrected chi connectivity index (χ1v) is 5.94. The summed E-state index contributed by atoms with van der Waals surface area (Å²) in [7, 11) is 0. The molecule has 2 rings (SSSR count). The van der Waals surface area contributed by atoms with Gasteiger partial charge in [0.1, 0.15) is 0 Å². The van der Waals surface area contributed by atoms with Gasteiger partial charge in [0.15, 0.2) is 0 Å². The number of hydrogen-bond donors (Lipinski definition) is 1. The maximum Gasteiger partial charge on any atom is 0.0852 e. The van der Waals surface area contributed by atoms with Gasteiger partial charge in [-0.1, -0.05) is 13.8 Å².